The number of ether oxygens (including phenoxy) is 1. The molecule has 0 aliphatic heterocycles. The van der Waals surface area contributed by atoms with Gasteiger partial charge >= 0.3 is 0 Å². The fraction of sp³-hybridized carbons (Fsp3) is 0.0526. The van der Waals surface area contributed by atoms with Crippen molar-refractivity contribution in [3.8, 4) is 5.75 Å². The quantitative estimate of drug-likeness (QED) is 0.540. The summed E-state index contributed by atoms with van der Waals surface area (Å²) in [5, 5.41) is 9.07. The van der Waals surface area contributed by atoms with Gasteiger partial charge in [0.1, 0.15) is 22.3 Å². The number of anilines is 2. The van der Waals surface area contributed by atoms with Gasteiger partial charge in [-0.25, -0.2) is 9.50 Å². The summed E-state index contributed by atoms with van der Waals surface area (Å²) in [6.45, 7) is 0. The second kappa shape index (κ2) is 5.66. The maximum atomic E-state index is 5.32. The van der Waals surface area contributed by atoms with Crippen LogP contribution in [-0.2, 0) is 0 Å². The Bertz CT molecular complexity index is 1260. The van der Waals surface area contributed by atoms with E-state index in [0.29, 0.717) is 0 Å². The van der Waals surface area contributed by atoms with Crippen molar-refractivity contribution in [2.75, 3.05) is 12.4 Å². The summed E-state index contributed by atoms with van der Waals surface area (Å²) in [6, 6.07) is 9.66. The number of aromatic nitrogens is 5. The molecule has 0 saturated heterocycles. The van der Waals surface area contributed by atoms with Crippen LogP contribution in [0.2, 0.25) is 0 Å². The van der Waals surface area contributed by atoms with E-state index in [1.54, 1.807) is 36.4 Å². The van der Waals surface area contributed by atoms with Gasteiger partial charge < -0.3 is 10.1 Å². The molecule has 0 atom stereocenters. The Labute approximate surface area is 148 Å². The Morgan fingerprint density at radius 1 is 1.04 bits per heavy atom. The van der Waals surface area contributed by atoms with Crippen molar-refractivity contribution in [2.24, 2.45) is 0 Å². The summed E-state index contributed by atoms with van der Waals surface area (Å²) < 4.78 is 7.11. The van der Waals surface area contributed by atoms with Crippen LogP contribution in [0.3, 0.4) is 0 Å². The van der Waals surface area contributed by atoms with E-state index in [4.69, 9.17) is 14.8 Å². The summed E-state index contributed by atoms with van der Waals surface area (Å²) in [5.41, 5.74) is 5.02. The van der Waals surface area contributed by atoms with Crippen LogP contribution in [0.25, 0.3) is 27.5 Å². The Kier molecular flexibility index (Phi) is 3.18. The molecule has 7 heteroatoms. The van der Waals surface area contributed by atoms with Crippen LogP contribution in [0.1, 0.15) is 0 Å². The number of pyridine rings is 2. The lowest BCUT2D eigenvalue weighted by molar-refractivity contribution is 0.415. The molecule has 0 aliphatic carbocycles. The molecule has 5 rings (SSSR count). The monoisotopic (exact) mass is 342 g/mol. The number of benzene rings is 1. The van der Waals surface area contributed by atoms with Gasteiger partial charge in [-0.1, -0.05) is 6.07 Å². The molecule has 0 saturated carbocycles. The van der Waals surface area contributed by atoms with Crippen molar-refractivity contribution in [3.63, 3.8) is 0 Å². The third-order valence-corrected chi connectivity index (χ3v) is 4.29. The molecule has 4 heterocycles. The SMILES string of the molecule is COc1cccc(Nc2c3cnccc3nc3c2nn2ccncc32)c1. The lowest BCUT2D eigenvalue weighted by atomic mass is 10.2. The van der Waals surface area contributed by atoms with Crippen LogP contribution >= 0.6 is 0 Å². The zero-order chi connectivity index (χ0) is 17.5. The molecular weight excluding hydrogens is 328 g/mol. The molecule has 126 valence electrons. The molecule has 1 aromatic carbocycles. The maximum absolute atomic E-state index is 5.32. The molecule has 7 nitrogen and oxygen atoms in total. The second-order valence-electron chi connectivity index (χ2n) is 5.84. The van der Waals surface area contributed by atoms with Crippen LogP contribution < -0.4 is 10.1 Å². The number of rotatable bonds is 3. The first-order valence-electron chi connectivity index (χ1n) is 8.10. The van der Waals surface area contributed by atoms with Crippen LogP contribution in [0.5, 0.6) is 5.75 Å². The van der Waals surface area contributed by atoms with Crippen molar-refractivity contribution in [3.05, 3.63) is 61.3 Å². The number of hydrogen-bond acceptors (Lipinski definition) is 6. The van der Waals surface area contributed by atoms with E-state index in [1.165, 1.54) is 0 Å². The van der Waals surface area contributed by atoms with Gasteiger partial charge in [-0.2, -0.15) is 5.10 Å². The smallest absolute Gasteiger partial charge is 0.136 e. The Balaban J connectivity index is 1.82. The van der Waals surface area contributed by atoms with Crippen LogP contribution in [-0.4, -0.2) is 31.7 Å². The predicted molar refractivity (Wildman–Crippen MR) is 99.9 cm³/mol. The van der Waals surface area contributed by atoms with Crippen LogP contribution in [0.4, 0.5) is 11.4 Å². The number of nitrogens with zero attached hydrogens (tertiary/aromatic N) is 5. The lowest BCUT2D eigenvalue weighted by Crippen LogP contribution is -1.96. The number of hydrogen-bond donors (Lipinski definition) is 1. The Morgan fingerprint density at radius 3 is 2.88 bits per heavy atom. The first-order chi connectivity index (χ1) is 12.8. The van der Waals surface area contributed by atoms with Gasteiger partial charge in [0, 0.05) is 41.9 Å². The van der Waals surface area contributed by atoms with E-state index in [9.17, 15) is 0 Å². The molecular formula is C19H14N6O. The van der Waals surface area contributed by atoms with Gasteiger partial charge in [-0.3, -0.25) is 9.97 Å². The van der Waals surface area contributed by atoms with Crippen molar-refractivity contribution in [2.45, 2.75) is 0 Å². The largest absolute Gasteiger partial charge is 0.497 e. The number of methoxy groups -OCH3 is 1. The van der Waals surface area contributed by atoms with Gasteiger partial charge in [-0.05, 0) is 18.2 Å². The van der Waals surface area contributed by atoms with Crippen LogP contribution in [0.15, 0.2) is 61.3 Å². The third-order valence-electron chi connectivity index (χ3n) is 4.29. The summed E-state index contributed by atoms with van der Waals surface area (Å²) in [4.78, 5) is 13.2. The van der Waals surface area contributed by atoms with Gasteiger partial charge in [0.15, 0.2) is 0 Å². The highest BCUT2D eigenvalue weighted by Gasteiger charge is 2.15. The summed E-state index contributed by atoms with van der Waals surface area (Å²) in [5.74, 6) is 0.780. The van der Waals surface area contributed by atoms with Gasteiger partial charge in [0.25, 0.3) is 0 Å². The Morgan fingerprint density at radius 2 is 1.96 bits per heavy atom. The maximum Gasteiger partial charge on any atom is 0.136 e. The molecule has 5 aromatic rings. The molecule has 0 spiro atoms. The van der Waals surface area contributed by atoms with Crippen LogP contribution in [0, 0.1) is 0 Å². The molecule has 0 aliphatic rings. The van der Waals surface area contributed by atoms with E-state index < -0.39 is 0 Å². The molecule has 0 fully saturated rings. The minimum Gasteiger partial charge on any atom is -0.497 e. The second-order valence-corrected chi connectivity index (χ2v) is 5.84. The van der Waals surface area contributed by atoms with Gasteiger partial charge in [0.05, 0.1) is 24.5 Å². The van der Waals surface area contributed by atoms with E-state index in [1.807, 2.05) is 36.5 Å². The molecule has 0 amide bonds. The van der Waals surface area contributed by atoms with E-state index in [0.717, 1.165) is 44.6 Å². The predicted octanol–water partition coefficient (Wildman–Crippen LogP) is 3.58. The zero-order valence-corrected chi connectivity index (χ0v) is 13.9. The van der Waals surface area contributed by atoms with E-state index in [2.05, 4.69) is 15.3 Å². The highest BCUT2D eigenvalue weighted by atomic mass is 16.5. The first-order valence-corrected chi connectivity index (χ1v) is 8.10. The molecule has 0 radical (unpaired) electrons. The van der Waals surface area contributed by atoms with Crippen molar-refractivity contribution < 1.29 is 4.74 Å². The molecule has 0 bridgehead atoms. The minimum atomic E-state index is 0.765. The van der Waals surface area contributed by atoms with Crippen molar-refractivity contribution in [1.29, 1.82) is 0 Å². The van der Waals surface area contributed by atoms with Gasteiger partial charge in [0.2, 0.25) is 0 Å². The lowest BCUT2D eigenvalue weighted by Gasteiger charge is -2.11. The minimum absolute atomic E-state index is 0.765. The topological polar surface area (TPSA) is 77.2 Å². The fourth-order valence-electron chi connectivity index (χ4n) is 3.06. The number of fused-ring (bicyclic) bond motifs is 4. The molecule has 1 N–H and O–H groups in total. The van der Waals surface area contributed by atoms with Gasteiger partial charge in [-0.15, -0.1) is 0 Å². The highest BCUT2D eigenvalue weighted by molar-refractivity contribution is 6.10. The van der Waals surface area contributed by atoms with E-state index in [-0.39, 0.29) is 0 Å². The summed E-state index contributed by atoms with van der Waals surface area (Å²) >= 11 is 0. The fourth-order valence-corrected chi connectivity index (χ4v) is 3.06. The summed E-state index contributed by atoms with van der Waals surface area (Å²) in [6.07, 6.45) is 8.82. The first kappa shape index (κ1) is 14.6. The third kappa shape index (κ3) is 2.21. The van der Waals surface area contributed by atoms with Crippen molar-refractivity contribution in [1.82, 2.24) is 24.6 Å². The Hall–Kier alpha value is -3.74. The average Bonchev–Trinajstić information content (AvgIpc) is 3.06. The molecule has 26 heavy (non-hydrogen) atoms. The zero-order valence-electron chi connectivity index (χ0n) is 13.9. The standard InChI is InChI=1S/C19H14N6O/c1-26-13-4-2-3-12(9-13)22-17-14-10-20-6-5-15(14)23-18-16-11-21-7-8-25(16)24-19(17)18/h2-11,22H,1H3. The normalized spacial score (nSPS) is 11.3. The van der Waals surface area contributed by atoms with Crippen molar-refractivity contribution >= 4 is 38.8 Å². The summed E-state index contributed by atoms with van der Waals surface area (Å²) in [7, 11) is 1.65. The number of nitrogens with one attached hydrogen (secondary N) is 1. The average molecular weight is 342 g/mol. The molecule has 4 aromatic heterocycles. The van der Waals surface area contributed by atoms with E-state index >= 15 is 0 Å². The highest BCUT2D eigenvalue weighted by Crippen LogP contribution is 2.34. The molecule has 0 unspecified atom stereocenters.